The summed E-state index contributed by atoms with van der Waals surface area (Å²) in [7, 11) is 0. The van der Waals surface area contributed by atoms with E-state index in [1.54, 1.807) is 22.7 Å². The number of carboxylic acids is 2. The summed E-state index contributed by atoms with van der Waals surface area (Å²) >= 11 is 3.27. The van der Waals surface area contributed by atoms with Crippen LogP contribution in [0.15, 0.2) is 76.1 Å². The van der Waals surface area contributed by atoms with Crippen LogP contribution in [-0.4, -0.2) is 28.7 Å². The molecule has 31 heavy (non-hydrogen) atoms. The molecule has 0 bridgehead atoms. The Morgan fingerprint density at radius 2 is 1.65 bits per heavy atom. The zero-order valence-electron chi connectivity index (χ0n) is 17.0. The third-order valence-corrected chi connectivity index (χ3v) is 6.11. The normalized spacial score (nSPS) is 12.2. The van der Waals surface area contributed by atoms with Gasteiger partial charge in [0.2, 0.25) is 0 Å². The molecule has 6 nitrogen and oxygen atoms in total. The summed E-state index contributed by atoms with van der Waals surface area (Å²) in [6.45, 7) is 3.95. The molecule has 0 aliphatic carbocycles. The van der Waals surface area contributed by atoms with Gasteiger partial charge in [0.25, 0.3) is 0 Å². The van der Waals surface area contributed by atoms with E-state index in [1.165, 1.54) is 5.56 Å². The number of quaternary nitrogens is 1. The van der Waals surface area contributed by atoms with Crippen LogP contribution in [-0.2, 0) is 21.7 Å². The Morgan fingerprint density at radius 1 is 1.06 bits per heavy atom. The maximum atomic E-state index is 11.5. The number of hydrogen-bond donors (Lipinski definition) is 3. The number of carboxylic acid groups (broad SMARTS) is 2. The van der Waals surface area contributed by atoms with E-state index in [-0.39, 0.29) is 5.92 Å². The Balaban J connectivity index is 0.000000366. The molecule has 0 aliphatic heterocycles. The van der Waals surface area contributed by atoms with Gasteiger partial charge in [0.05, 0.1) is 12.5 Å². The van der Waals surface area contributed by atoms with Crippen molar-refractivity contribution in [1.82, 2.24) is 0 Å². The number of hydrogen-bond acceptors (Lipinski definition) is 6. The summed E-state index contributed by atoms with van der Waals surface area (Å²) in [4.78, 5) is 19.0. The maximum absolute atomic E-state index is 11.5. The predicted octanol–water partition coefficient (Wildman–Crippen LogP) is 1.82. The lowest BCUT2D eigenvalue weighted by molar-refractivity contribution is -0.677. The first kappa shape index (κ1) is 24.5. The third-order valence-electron chi connectivity index (χ3n) is 4.74. The molecule has 0 fully saturated rings. The van der Waals surface area contributed by atoms with Crippen LogP contribution in [0, 0.1) is 5.92 Å². The highest BCUT2D eigenvalue weighted by Crippen LogP contribution is 2.38. The van der Waals surface area contributed by atoms with Crippen molar-refractivity contribution in [3.8, 4) is 0 Å². The van der Waals surface area contributed by atoms with E-state index < -0.39 is 17.5 Å². The fraction of sp³-hybridized carbons (Fsp3) is 0.217. The Labute approximate surface area is 189 Å². The van der Waals surface area contributed by atoms with Crippen LogP contribution in [0.5, 0.6) is 0 Å². The van der Waals surface area contributed by atoms with Crippen LogP contribution in [0.25, 0.3) is 0 Å². The van der Waals surface area contributed by atoms with Crippen molar-refractivity contribution in [2.75, 3.05) is 6.54 Å². The lowest BCUT2D eigenvalue weighted by Crippen LogP contribution is -2.84. The van der Waals surface area contributed by atoms with Crippen molar-refractivity contribution in [1.29, 1.82) is 0 Å². The molecule has 4 N–H and O–H groups in total. The number of carbonyl (C=O) groups excluding carboxylic acids is 1. The average Bonchev–Trinajstić information content (AvgIpc) is 3.47. The van der Waals surface area contributed by atoms with E-state index in [4.69, 9.17) is 5.11 Å². The molecule has 2 heterocycles. The summed E-state index contributed by atoms with van der Waals surface area (Å²) in [5.74, 6) is -2.68. The number of thiophene rings is 2. The molecule has 2 aromatic heterocycles. The van der Waals surface area contributed by atoms with Gasteiger partial charge in [-0.2, -0.15) is 22.7 Å². The third kappa shape index (κ3) is 7.45. The van der Waals surface area contributed by atoms with Gasteiger partial charge < -0.3 is 25.4 Å². The summed E-state index contributed by atoms with van der Waals surface area (Å²) in [6.07, 6.45) is 0.942. The molecule has 164 valence electrons. The molecule has 8 heteroatoms. The zero-order valence-corrected chi connectivity index (χ0v) is 18.6. The quantitative estimate of drug-likeness (QED) is 0.423. The zero-order chi connectivity index (χ0) is 22.7. The van der Waals surface area contributed by atoms with Crippen LogP contribution in [0.2, 0.25) is 0 Å². The second-order valence-corrected chi connectivity index (χ2v) is 8.46. The average molecular weight is 460 g/mol. The van der Waals surface area contributed by atoms with E-state index in [0.717, 1.165) is 24.2 Å². The molecule has 0 radical (unpaired) electrons. The Morgan fingerprint density at radius 3 is 2.06 bits per heavy atom. The number of nitrogens with two attached hydrogens (primary N) is 1. The molecule has 1 atom stereocenters. The lowest BCUT2D eigenvalue weighted by Gasteiger charge is -2.32. The predicted molar refractivity (Wildman–Crippen MR) is 120 cm³/mol. The van der Waals surface area contributed by atoms with Gasteiger partial charge in [-0.3, -0.25) is 0 Å². The maximum Gasteiger partial charge on any atom is 0.328 e. The molecule has 0 saturated carbocycles. The largest absolute Gasteiger partial charge is 0.545 e. The van der Waals surface area contributed by atoms with Crippen molar-refractivity contribution in [2.24, 2.45) is 5.92 Å². The molecule has 0 spiro atoms. The fourth-order valence-corrected chi connectivity index (χ4v) is 4.54. The lowest BCUT2D eigenvalue weighted by atomic mass is 9.79. The van der Waals surface area contributed by atoms with Crippen molar-refractivity contribution in [3.05, 3.63) is 92.8 Å². The number of benzene rings is 1. The minimum atomic E-state index is -1.51. The molecular formula is C23H25NO5S2. The topological polar surface area (TPSA) is 114 Å². The second-order valence-electron chi connectivity index (χ2n) is 6.90. The van der Waals surface area contributed by atoms with Gasteiger partial charge in [-0.15, -0.1) is 0 Å². The van der Waals surface area contributed by atoms with Crippen LogP contribution in [0.1, 0.15) is 23.6 Å². The van der Waals surface area contributed by atoms with Crippen LogP contribution < -0.4 is 10.4 Å². The van der Waals surface area contributed by atoms with Gasteiger partial charge in [-0.1, -0.05) is 37.3 Å². The van der Waals surface area contributed by atoms with Gasteiger partial charge in [-0.25, -0.2) is 4.79 Å². The molecule has 0 amide bonds. The molecular weight excluding hydrogens is 434 g/mol. The minimum Gasteiger partial charge on any atom is -0.545 e. The van der Waals surface area contributed by atoms with Gasteiger partial charge in [0.15, 0.2) is 0 Å². The summed E-state index contributed by atoms with van der Waals surface area (Å²) in [5, 5.41) is 39.2. The molecule has 0 aliphatic rings. The van der Waals surface area contributed by atoms with E-state index in [0.29, 0.717) is 12.2 Å². The van der Waals surface area contributed by atoms with Gasteiger partial charge in [-0.05, 0) is 50.9 Å². The Hall–Kier alpha value is -2.78. The van der Waals surface area contributed by atoms with E-state index >= 15 is 0 Å². The van der Waals surface area contributed by atoms with Gasteiger partial charge in [0, 0.05) is 17.6 Å². The first-order chi connectivity index (χ1) is 14.8. The first-order valence-corrected chi connectivity index (χ1v) is 11.5. The standard InChI is InChI=1S/C19H21NOS2.C4H4O4/c1-15(11-20-12-16-5-3-2-4-6-16)19(21,17-7-9-22-13-17)18-8-10-23-14-18;5-3(6)1-2-4(7)8/h2-10,13-15,20-21H,11-12H2,1H3;1-2H,(H,5,6)(H,7,8)/b;2-1+. The number of rotatable bonds is 9. The smallest absolute Gasteiger partial charge is 0.328 e. The summed E-state index contributed by atoms with van der Waals surface area (Å²) < 4.78 is 0. The van der Waals surface area contributed by atoms with Crippen molar-refractivity contribution in [2.45, 2.75) is 19.1 Å². The molecule has 1 aromatic carbocycles. The van der Waals surface area contributed by atoms with Gasteiger partial charge >= 0.3 is 5.97 Å². The molecule has 3 aromatic rings. The number of carbonyl (C=O) groups is 2. The highest BCUT2D eigenvalue weighted by Gasteiger charge is 2.39. The number of aliphatic carboxylic acids is 2. The molecule has 3 rings (SSSR count). The van der Waals surface area contributed by atoms with Crippen molar-refractivity contribution in [3.63, 3.8) is 0 Å². The van der Waals surface area contributed by atoms with Crippen molar-refractivity contribution < 1.29 is 30.2 Å². The fourth-order valence-electron chi connectivity index (χ4n) is 3.12. The number of aliphatic hydroxyl groups is 1. The van der Waals surface area contributed by atoms with E-state index in [1.807, 2.05) is 29.0 Å². The SMILES string of the molecule is CC(C[NH2+]Cc1ccccc1)C(O)(c1ccsc1)c1ccsc1.O=C([O-])/C=C/C(=O)O. The second kappa shape index (κ2) is 12.2. The van der Waals surface area contributed by atoms with Crippen LogP contribution >= 0.6 is 22.7 Å². The van der Waals surface area contributed by atoms with Crippen LogP contribution in [0.4, 0.5) is 0 Å². The highest BCUT2D eigenvalue weighted by molar-refractivity contribution is 7.08. The summed E-state index contributed by atoms with van der Waals surface area (Å²) in [6, 6.07) is 14.5. The Bertz CT molecular complexity index is 903. The van der Waals surface area contributed by atoms with Crippen molar-refractivity contribution >= 4 is 34.6 Å². The molecule has 1 unspecified atom stereocenters. The van der Waals surface area contributed by atoms with Crippen LogP contribution in [0.3, 0.4) is 0 Å². The van der Waals surface area contributed by atoms with E-state index in [9.17, 15) is 19.8 Å². The minimum absolute atomic E-state index is 0.121. The van der Waals surface area contributed by atoms with E-state index in [2.05, 4.69) is 47.3 Å². The molecule has 0 saturated heterocycles. The highest BCUT2D eigenvalue weighted by atomic mass is 32.1. The monoisotopic (exact) mass is 459 g/mol. The first-order valence-electron chi connectivity index (χ1n) is 9.59. The Kier molecular flexibility index (Phi) is 9.61. The summed E-state index contributed by atoms with van der Waals surface area (Å²) in [5.41, 5.74) is 2.41. The van der Waals surface area contributed by atoms with Gasteiger partial charge in [0.1, 0.15) is 12.1 Å².